The van der Waals surface area contributed by atoms with Crippen LogP contribution in [-0.2, 0) is 0 Å². The normalized spacial score (nSPS) is 10.8. The molecule has 0 aliphatic heterocycles. The van der Waals surface area contributed by atoms with E-state index >= 15 is 0 Å². The minimum absolute atomic E-state index is 0.0937. The SMILES string of the molecule is Cc1cc(C(=O)CC(C)C)cc(C)c1F. The Kier molecular flexibility index (Phi) is 3.61. The second kappa shape index (κ2) is 4.56. The minimum atomic E-state index is -0.212. The van der Waals surface area contributed by atoms with E-state index < -0.39 is 0 Å². The lowest BCUT2D eigenvalue weighted by Gasteiger charge is -2.07. The first-order valence-corrected chi connectivity index (χ1v) is 5.21. The topological polar surface area (TPSA) is 17.1 Å². The van der Waals surface area contributed by atoms with E-state index in [9.17, 15) is 9.18 Å². The predicted octanol–water partition coefficient (Wildman–Crippen LogP) is 3.67. The van der Waals surface area contributed by atoms with Crippen LogP contribution in [0.1, 0.15) is 41.8 Å². The molecule has 0 unspecified atom stereocenters. The minimum Gasteiger partial charge on any atom is -0.294 e. The van der Waals surface area contributed by atoms with Gasteiger partial charge in [0.1, 0.15) is 5.82 Å². The van der Waals surface area contributed by atoms with Gasteiger partial charge in [-0.15, -0.1) is 0 Å². The van der Waals surface area contributed by atoms with E-state index in [-0.39, 0.29) is 11.6 Å². The van der Waals surface area contributed by atoms with Crippen molar-refractivity contribution < 1.29 is 9.18 Å². The fraction of sp³-hybridized carbons (Fsp3) is 0.462. The molecule has 0 amide bonds. The summed E-state index contributed by atoms with van der Waals surface area (Å²) in [5, 5.41) is 0. The van der Waals surface area contributed by atoms with Gasteiger partial charge in [0.25, 0.3) is 0 Å². The molecule has 0 N–H and O–H groups in total. The van der Waals surface area contributed by atoms with Crippen molar-refractivity contribution in [2.75, 3.05) is 0 Å². The van der Waals surface area contributed by atoms with Gasteiger partial charge in [-0.3, -0.25) is 4.79 Å². The summed E-state index contributed by atoms with van der Waals surface area (Å²) in [5.41, 5.74) is 1.71. The fourth-order valence-electron chi connectivity index (χ4n) is 1.60. The van der Waals surface area contributed by atoms with E-state index in [1.165, 1.54) is 0 Å². The number of hydrogen-bond acceptors (Lipinski definition) is 1. The van der Waals surface area contributed by atoms with E-state index in [4.69, 9.17) is 0 Å². The van der Waals surface area contributed by atoms with Crippen molar-refractivity contribution in [1.82, 2.24) is 0 Å². The zero-order chi connectivity index (χ0) is 11.6. The highest BCUT2D eigenvalue weighted by molar-refractivity contribution is 5.96. The van der Waals surface area contributed by atoms with E-state index in [1.807, 2.05) is 13.8 Å². The molecule has 1 rings (SSSR count). The number of benzene rings is 1. The zero-order valence-electron chi connectivity index (χ0n) is 9.73. The quantitative estimate of drug-likeness (QED) is 0.693. The molecule has 0 aromatic heterocycles. The van der Waals surface area contributed by atoms with Crippen LogP contribution in [0.2, 0.25) is 0 Å². The molecule has 0 fully saturated rings. The third-order valence-corrected chi connectivity index (χ3v) is 2.35. The van der Waals surface area contributed by atoms with Gasteiger partial charge < -0.3 is 0 Å². The molecular formula is C13H17FO. The molecule has 0 heterocycles. The van der Waals surface area contributed by atoms with Gasteiger partial charge in [-0.2, -0.15) is 0 Å². The zero-order valence-corrected chi connectivity index (χ0v) is 9.73. The molecule has 15 heavy (non-hydrogen) atoms. The van der Waals surface area contributed by atoms with E-state index in [1.54, 1.807) is 26.0 Å². The molecule has 0 bridgehead atoms. The average Bonchev–Trinajstić information content (AvgIpc) is 2.12. The van der Waals surface area contributed by atoms with Crippen molar-refractivity contribution in [1.29, 1.82) is 0 Å². The molecule has 2 heteroatoms. The molecule has 1 nitrogen and oxygen atoms in total. The maximum atomic E-state index is 13.3. The highest BCUT2D eigenvalue weighted by Crippen LogP contribution is 2.17. The van der Waals surface area contributed by atoms with Gasteiger partial charge in [-0.1, -0.05) is 13.8 Å². The van der Waals surface area contributed by atoms with Gasteiger partial charge in [0.15, 0.2) is 5.78 Å². The van der Waals surface area contributed by atoms with Crippen LogP contribution in [0.4, 0.5) is 4.39 Å². The van der Waals surface area contributed by atoms with E-state index in [0.717, 1.165) is 0 Å². The highest BCUT2D eigenvalue weighted by Gasteiger charge is 2.11. The van der Waals surface area contributed by atoms with Crippen LogP contribution < -0.4 is 0 Å². The number of hydrogen-bond donors (Lipinski definition) is 0. The Morgan fingerprint density at radius 3 is 2.13 bits per heavy atom. The predicted molar refractivity (Wildman–Crippen MR) is 59.7 cm³/mol. The van der Waals surface area contributed by atoms with Crippen LogP contribution in [0, 0.1) is 25.6 Å². The first-order chi connectivity index (χ1) is 6.91. The number of carbonyl (C=O) groups excluding carboxylic acids is 1. The van der Waals surface area contributed by atoms with Crippen LogP contribution in [0.15, 0.2) is 12.1 Å². The molecule has 82 valence electrons. The summed E-state index contributed by atoms with van der Waals surface area (Å²) in [6.07, 6.45) is 0.518. The lowest BCUT2D eigenvalue weighted by Crippen LogP contribution is -2.05. The summed E-state index contributed by atoms with van der Waals surface area (Å²) in [7, 11) is 0. The van der Waals surface area contributed by atoms with Gasteiger partial charge in [0, 0.05) is 12.0 Å². The Bertz CT molecular complexity index is 357. The summed E-state index contributed by atoms with van der Waals surface area (Å²) in [6.45, 7) is 7.38. The van der Waals surface area contributed by atoms with Crippen LogP contribution in [-0.4, -0.2) is 5.78 Å². The van der Waals surface area contributed by atoms with Crippen LogP contribution in [0.5, 0.6) is 0 Å². The smallest absolute Gasteiger partial charge is 0.163 e. The Morgan fingerprint density at radius 2 is 1.73 bits per heavy atom. The number of ketones is 1. The van der Waals surface area contributed by atoms with Crippen molar-refractivity contribution in [2.24, 2.45) is 5.92 Å². The largest absolute Gasteiger partial charge is 0.294 e. The molecular weight excluding hydrogens is 191 g/mol. The van der Waals surface area contributed by atoms with Crippen molar-refractivity contribution >= 4 is 5.78 Å². The molecule has 0 saturated heterocycles. The number of rotatable bonds is 3. The first kappa shape index (κ1) is 11.9. The van der Waals surface area contributed by atoms with Gasteiger partial charge >= 0.3 is 0 Å². The third-order valence-electron chi connectivity index (χ3n) is 2.35. The Balaban J connectivity index is 3.01. The fourth-order valence-corrected chi connectivity index (χ4v) is 1.60. The number of aryl methyl sites for hydroxylation is 2. The maximum absolute atomic E-state index is 13.3. The molecule has 0 radical (unpaired) electrons. The molecule has 1 aromatic carbocycles. The van der Waals surface area contributed by atoms with E-state index in [2.05, 4.69) is 0 Å². The van der Waals surface area contributed by atoms with Crippen molar-refractivity contribution in [3.8, 4) is 0 Å². The van der Waals surface area contributed by atoms with Crippen LogP contribution in [0.25, 0.3) is 0 Å². The highest BCUT2D eigenvalue weighted by atomic mass is 19.1. The van der Waals surface area contributed by atoms with Crippen molar-refractivity contribution in [3.05, 3.63) is 34.6 Å². The van der Waals surface area contributed by atoms with Gasteiger partial charge in [0.2, 0.25) is 0 Å². The molecule has 0 aliphatic rings. The second-order valence-electron chi connectivity index (χ2n) is 4.45. The standard InChI is InChI=1S/C13H17FO/c1-8(2)5-12(15)11-6-9(3)13(14)10(4)7-11/h6-8H,5H2,1-4H3. The van der Waals surface area contributed by atoms with Gasteiger partial charge in [-0.25, -0.2) is 4.39 Å². The summed E-state index contributed by atoms with van der Waals surface area (Å²) in [4.78, 5) is 11.7. The molecule has 0 saturated carbocycles. The van der Waals surface area contributed by atoms with Gasteiger partial charge in [0.05, 0.1) is 0 Å². The summed E-state index contributed by atoms with van der Waals surface area (Å²) in [6, 6.07) is 3.26. The molecule has 1 aromatic rings. The third kappa shape index (κ3) is 2.88. The molecule has 0 aliphatic carbocycles. The molecule has 0 atom stereocenters. The lowest BCUT2D eigenvalue weighted by molar-refractivity contribution is 0.0967. The van der Waals surface area contributed by atoms with Crippen LogP contribution in [0.3, 0.4) is 0 Å². The number of carbonyl (C=O) groups is 1. The van der Waals surface area contributed by atoms with E-state index in [0.29, 0.717) is 29.0 Å². The van der Waals surface area contributed by atoms with Gasteiger partial charge in [-0.05, 0) is 43.0 Å². The summed E-state index contributed by atoms with van der Waals surface area (Å²) in [5.74, 6) is 0.218. The Hall–Kier alpha value is -1.18. The Labute approximate surface area is 90.3 Å². The molecule has 0 spiro atoms. The monoisotopic (exact) mass is 208 g/mol. The van der Waals surface area contributed by atoms with Crippen LogP contribution >= 0.6 is 0 Å². The maximum Gasteiger partial charge on any atom is 0.163 e. The van der Waals surface area contributed by atoms with Crippen molar-refractivity contribution in [2.45, 2.75) is 34.1 Å². The Morgan fingerprint density at radius 1 is 1.27 bits per heavy atom. The van der Waals surface area contributed by atoms with Crippen molar-refractivity contribution in [3.63, 3.8) is 0 Å². The second-order valence-corrected chi connectivity index (χ2v) is 4.45. The summed E-state index contributed by atoms with van der Waals surface area (Å²) < 4.78 is 13.3. The number of Topliss-reactive ketones (excluding diaryl/α,β-unsaturated/α-hetero) is 1. The lowest BCUT2D eigenvalue weighted by atomic mass is 9.98. The average molecular weight is 208 g/mol. The first-order valence-electron chi connectivity index (χ1n) is 5.21. The summed E-state index contributed by atoms with van der Waals surface area (Å²) >= 11 is 0. The number of halogens is 1.